The van der Waals surface area contributed by atoms with Gasteiger partial charge in [0, 0.05) is 21.9 Å². The highest BCUT2D eigenvalue weighted by Crippen LogP contribution is 2.28. The van der Waals surface area contributed by atoms with E-state index in [1.807, 2.05) is 36.4 Å². The molecule has 0 heterocycles. The molecule has 0 unspecified atom stereocenters. The molecule has 0 N–H and O–H groups in total. The third kappa shape index (κ3) is 4.90. The van der Waals surface area contributed by atoms with Gasteiger partial charge in [0.05, 0.1) is 18.2 Å². The minimum absolute atomic E-state index is 0.645. The molecule has 2 nitrogen and oxygen atoms in total. The Labute approximate surface area is 161 Å². The van der Waals surface area contributed by atoms with Crippen molar-refractivity contribution in [2.45, 2.75) is 32.6 Å². The van der Waals surface area contributed by atoms with E-state index in [4.69, 9.17) is 10.00 Å². The fraction of sp³-hybridized carbons (Fsp3) is 0.240. The molecule has 0 aliphatic heterocycles. The summed E-state index contributed by atoms with van der Waals surface area (Å²) in [6.45, 7) is 2.96. The SMILES string of the molecule is CCCCCCOc1ccc(C#Cc2ccc(C#N)cc2)c2ccccc12. The number of rotatable bonds is 6. The third-order valence-corrected chi connectivity index (χ3v) is 4.50. The van der Waals surface area contributed by atoms with Crippen molar-refractivity contribution >= 4 is 10.8 Å². The smallest absolute Gasteiger partial charge is 0.127 e. The van der Waals surface area contributed by atoms with Crippen LogP contribution in [-0.4, -0.2) is 6.61 Å². The van der Waals surface area contributed by atoms with Gasteiger partial charge in [-0.3, -0.25) is 0 Å². The van der Waals surface area contributed by atoms with Crippen molar-refractivity contribution in [1.29, 1.82) is 5.26 Å². The van der Waals surface area contributed by atoms with Crippen LogP contribution in [0.3, 0.4) is 0 Å². The van der Waals surface area contributed by atoms with E-state index in [1.165, 1.54) is 19.3 Å². The standard InChI is InChI=1S/C25H23NO/c1-2-3-4-7-18-27-25-17-16-22(23-8-5-6-9-24(23)25)15-14-20-10-12-21(19-26)13-11-20/h5-6,8-13,16-17H,2-4,7,18H2,1H3. The van der Waals surface area contributed by atoms with E-state index in [9.17, 15) is 0 Å². The second-order valence-electron chi connectivity index (χ2n) is 6.51. The monoisotopic (exact) mass is 353 g/mol. The summed E-state index contributed by atoms with van der Waals surface area (Å²) in [6, 6.07) is 21.7. The Bertz CT molecular complexity index is 1000. The molecule has 0 amide bonds. The van der Waals surface area contributed by atoms with Crippen molar-refractivity contribution in [3.05, 3.63) is 77.4 Å². The third-order valence-electron chi connectivity index (χ3n) is 4.50. The largest absolute Gasteiger partial charge is 0.493 e. The van der Waals surface area contributed by atoms with Crippen LogP contribution >= 0.6 is 0 Å². The van der Waals surface area contributed by atoms with E-state index in [0.717, 1.165) is 40.7 Å². The topological polar surface area (TPSA) is 33.0 Å². The summed E-state index contributed by atoms with van der Waals surface area (Å²) in [5.41, 5.74) is 2.52. The number of ether oxygens (including phenoxy) is 1. The maximum absolute atomic E-state index is 8.89. The molecule has 0 saturated carbocycles. The minimum Gasteiger partial charge on any atom is -0.493 e. The Balaban J connectivity index is 1.82. The maximum Gasteiger partial charge on any atom is 0.127 e. The number of hydrogen-bond donors (Lipinski definition) is 0. The van der Waals surface area contributed by atoms with Gasteiger partial charge in [-0.15, -0.1) is 0 Å². The highest BCUT2D eigenvalue weighted by Gasteiger charge is 2.05. The number of unbranched alkanes of at least 4 members (excludes halogenated alkanes) is 3. The van der Waals surface area contributed by atoms with Crippen LogP contribution in [0, 0.1) is 23.2 Å². The first-order valence-corrected chi connectivity index (χ1v) is 9.48. The summed E-state index contributed by atoms with van der Waals surface area (Å²) in [4.78, 5) is 0. The van der Waals surface area contributed by atoms with E-state index in [1.54, 1.807) is 12.1 Å². The summed E-state index contributed by atoms with van der Waals surface area (Å²) in [6.07, 6.45) is 4.79. The Morgan fingerprint density at radius 2 is 1.52 bits per heavy atom. The van der Waals surface area contributed by atoms with Crippen molar-refractivity contribution in [3.63, 3.8) is 0 Å². The van der Waals surface area contributed by atoms with Gasteiger partial charge in [-0.05, 0) is 42.8 Å². The molecule has 134 valence electrons. The highest BCUT2D eigenvalue weighted by atomic mass is 16.5. The number of hydrogen-bond acceptors (Lipinski definition) is 2. The van der Waals surface area contributed by atoms with Gasteiger partial charge in [0.15, 0.2) is 0 Å². The second-order valence-corrected chi connectivity index (χ2v) is 6.51. The molecule has 0 aliphatic carbocycles. The Morgan fingerprint density at radius 1 is 0.778 bits per heavy atom. The lowest BCUT2D eigenvalue weighted by Gasteiger charge is -2.10. The van der Waals surface area contributed by atoms with Gasteiger partial charge in [0.25, 0.3) is 0 Å². The van der Waals surface area contributed by atoms with Crippen molar-refractivity contribution < 1.29 is 4.74 Å². The minimum atomic E-state index is 0.645. The zero-order valence-corrected chi connectivity index (χ0v) is 15.7. The van der Waals surface area contributed by atoms with E-state index < -0.39 is 0 Å². The average Bonchev–Trinajstić information content (AvgIpc) is 2.73. The van der Waals surface area contributed by atoms with Crippen LogP contribution in [-0.2, 0) is 0 Å². The molecule has 0 atom stereocenters. The predicted octanol–water partition coefficient (Wildman–Crippen LogP) is 6.07. The van der Waals surface area contributed by atoms with Gasteiger partial charge < -0.3 is 4.74 Å². The summed E-state index contributed by atoms with van der Waals surface area (Å²) in [5, 5.41) is 11.1. The van der Waals surface area contributed by atoms with Crippen molar-refractivity contribution in [2.24, 2.45) is 0 Å². The van der Waals surface area contributed by atoms with Gasteiger partial charge in [0.2, 0.25) is 0 Å². The maximum atomic E-state index is 8.89. The number of fused-ring (bicyclic) bond motifs is 1. The molecule has 0 saturated heterocycles. The molecule has 3 aromatic carbocycles. The van der Waals surface area contributed by atoms with Crippen molar-refractivity contribution in [1.82, 2.24) is 0 Å². The molecule has 3 aromatic rings. The normalized spacial score (nSPS) is 10.1. The van der Waals surface area contributed by atoms with Crippen LogP contribution in [0.2, 0.25) is 0 Å². The fourth-order valence-electron chi connectivity index (χ4n) is 2.98. The van der Waals surface area contributed by atoms with E-state index in [-0.39, 0.29) is 0 Å². The van der Waals surface area contributed by atoms with Gasteiger partial charge in [0.1, 0.15) is 5.75 Å². The van der Waals surface area contributed by atoms with Crippen LogP contribution in [0.4, 0.5) is 0 Å². The molecule has 0 radical (unpaired) electrons. The van der Waals surface area contributed by atoms with Crippen LogP contribution in [0.5, 0.6) is 5.75 Å². The number of benzene rings is 3. The number of nitriles is 1. The van der Waals surface area contributed by atoms with E-state index in [0.29, 0.717) is 5.56 Å². The molecular formula is C25H23NO. The van der Waals surface area contributed by atoms with Gasteiger partial charge >= 0.3 is 0 Å². The van der Waals surface area contributed by atoms with Gasteiger partial charge in [-0.1, -0.05) is 62.3 Å². The lowest BCUT2D eigenvalue weighted by molar-refractivity contribution is 0.308. The van der Waals surface area contributed by atoms with Crippen LogP contribution in [0.25, 0.3) is 10.8 Å². The lowest BCUT2D eigenvalue weighted by atomic mass is 10.0. The molecular weight excluding hydrogens is 330 g/mol. The Kier molecular flexibility index (Phi) is 6.50. The fourth-order valence-corrected chi connectivity index (χ4v) is 2.98. The molecule has 0 bridgehead atoms. The summed E-state index contributed by atoms with van der Waals surface area (Å²) in [5.74, 6) is 7.38. The Hall–Kier alpha value is -3.23. The van der Waals surface area contributed by atoms with E-state index in [2.05, 4.69) is 37.0 Å². The summed E-state index contributed by atoms with van der Waals surface area (Å²) in [7, 11) is 0. The number of nitrogens with zero attached hydrogens (tertiary/aromatic N) is 1. The van der Waals surface area contributed by atoms with Crippen molar-refractivity contribution in [2.75, 3.05) is 6.61 Å². The molecule has 2 heteroatoms. The zero-order chi connectivity index (χ0) is 18.9. The molecule has 0 spiro atoms. The predicted molar refractivity (Wildman–Crippen MR) is 111 cm³/mol. The molecule has 0 fully saturated rings. The van der Waals surface area contributed by atoms with Crippen LogP contribution in [0.15, 0.2) is 60.7 Å². The molecule has 27 heavy (non-hydrogen) atoms. The van der Waals surface area contributed by atoms with Gasteiger partial charge in [-0.2, -0.15) is 5.26 Å². The quantitative estimate of drug-likeness (QED) is 0.398. The lowest BCUT2D eigenvalue weighted by Crippen LogP contribution is -1.98. The zero-order valence-electron chi connectivity index (χ0n) is 15.7. The molecule has 3 rings (SSSR count). The average molecular weight is 353 g/mol. The highest BCUT2D eigenvalue weighted by molar-refractivity contribution is 5.93. The molecule has 0 aliphatic rings. The first-order valence-electron chi connectivity index (χ1n) is 9.48. The first kappa shape index (κ1) is 18.6. The summed E-state index contributed by atoms with van der Waals surface area (Å²) >= 11 is 0. The Morgan fingerprint density at radius 3 is 2.26 bits per heavy atom. The van der Waals surface area contributed by atoms with Gasteiger partial charge in [-0.25, -0.2) is 0 Å². The van der Waals surface area contributed by atoms with Crippen LogP contribution < -0.4 is 4.74 Å². The second kappa shape index (κ2) is 9.46. The van der Waals surface area contributed by atoms with Crippen LogP contribution in [0.1, 0.15) is 49.3 Å². The first-order chi connectivity index (χ1) is 13.3. The van der Waals surface area contributed by atoms with E-state index >= 15 is 0 Å². The molecule has 0 aromatic heterocycles. The van der Waals surface area contributed by atoms with Crippen molar-refractivity contribution in [3.8, 4) is 23.7 Å². The summed E-state index contributed by atoms with van der Waals surface area (Å²) < 4.78 is 6.03.